The summed E-state index contributed by atoms with van der Waals surface area (Å²) in [6.45, 7) is 4.18. The number of halogens is 2. The number of aliphatic hydroxyl groups excluding tert-OH is 1. The van der Waals surface area contributed by atoms with Gasteiger partial charge in [-0.3, -0.25) is 0 Å². The molecule has 0 amide bonds. The number of rotatable bonds is 5. The number of hydrogen-bond donors (Lipinski definition) is 1. The van der Waals surface area contributed by atoms with E-state index in [4.69, 9.17) is 0 Å². The van der Waals surface area contributed by atoms with Gasteiger partial charge in [0, 0.05) is 11.5 Å². The van der Waals surface area contributed by atoms with Crippen LogP contribution in [0.25, 0.3) is 0 Å². The minimum atomic E-state index is -0.861. The Morgan fingerprint density at radius 2 is 1.76 bits per heavy atom. The predicted molar refractivity (Wildman–Crippen MR) is 87.7 cm³/mol. The van der Waals surface area contributed by atoms with Gasteiger partial charge >= 0.3 is 0 Å². The van der Waals surface area contributed by atoms with E-state index in [-0.39, 0.29) is 17.7 Å². The van der Waals surface area contributed by atoms with Crippen LogP contribution in [0.4, 0.5) is 4.39 Å². The van der Waals surface area contributed by atoms with Crippen molar-refractivity contribution < 1.29 is 9.50 Å². The third-order valence-corrected chi connectivity index (χ3v) is 4.69. The third-order valence-electron chi connectivity index (χ3n) is 4.08. The molecule has 0 aromatic heterocycles. The molecule has 1 nitrogen and oxygen atoms in total. The van der Waals surface area contributed by atoms with Gasteiger partial charge < -0.3 is 5.11 Å². The first-order valence-corrected chi connectivity index (χ1v) is 8.02. The van der Waals surface area contributed by atoms with Gasteiger partial charge in [0.05, 0.1) is 10.6 Å². The molecule has 0 saturated carbocycles. The van der Waals surface area contributed by atoms with Gasteiger partial charge in [0.2, 0.25) is 0 Å². The van der Waals surface area contributed by atoms with Crippen molar-refractivity contribution >= 4 is 15.9 Å². The molecule has 0 saturated heterocycles. The monoisotopic (exact) mass is 350 g/mol. The summed E-state index contributed by atoms with van der Waals surface area (Å²) in [6.07, 6.45) is 0.0616. The summed E-state index contributed by atoms with van der Waals surface area (Å²) < 4.78 is 14.7. The molecule has 3 unspecified atom stereocenters. The first-order valence-electron chi connectivity index (χ1n) is 7.23. The lowest BCUT2D eigenvalue weighted by molar-refractivity contribution is 0.114. The highest BCUT2D eigenvalue weighted by Gasteiger charge is 2.29. The normalized spacial score (nSPS) is 15.5. The summed E-state index contributed by atoms with van der Waals surface area (Å²) in [7, 11) is 0. The SMILES string of the molecule is CCC(C)C(c1ccccc1)C(O)c1cccc(Br)c1F. The van der Waals surface area contributed by atoms with Gasteiger partial charge in [0.1, 0.15) is 5.82 Å². The van der Waals surface area contributed by atoms with Crippen molar-refractivity contribution in [1.82, 2.24) is 0 Å². The van der Waals surface area contributed by atoms with Crippen LogP contribution in [0.5, 0.6) is 0 Å². The van der Waals surface area contributed by atoms with Crippen LogP contribution in [0.1, 0.15) is 43.4 Å². The van der Waals surface area contributed by atoms with Crippen LogP contribution in [0.15, 0.2) is 53.0 Å². The summed E-state index contributed by atoms with van der Waals surface area (Å²) in [6, 6.07) is 14.9. The van der Waals surface area contributed by atoms with Gasteiger partial charge in [0.25, 0.3) is 0 Å². The van der Waals surface area contributed by atoms with E-state index in [9.17, 15) is 9.50 Å². The molecule has 0 radical (unpaired) electrons. The maximum Gasteiger partial charge on any atom is 0.143 e. The fraction of sp³-hybridized carbons (Fsp3) is 0.333. The van der Waals surface area contributed by atoms with Crippen molar-refractivity contribution in [1.29, 1.82) is 0 Å². The summed E-state index contributed by atoms with van der Waals surface area (Å²) in [5.74, 6) is -0.255. The van der Waals surface area contributed by atoms with Crippen molar-refractivity contribution in [3.05, 3.63) is 69.9 Å². The molecule has 2 rings (SSSR count). The molecule has 3 heteroatoms. The van der Waals surface area contributed by atoms with Crippen molar-refractivity contribution in [2.75, 3.05) is 0 Å². The lowest BCUT2D eigenvalue weighted by Gasteiger charge is -2.29. The van der Waals surface area contributed by atoms with Crippen LogP contribution in [-0.4, -0.2) is 5.11 Å². The van der Waals surface area contributed by atoms with Crippen LogP contribution in [0.2, 0.25) is 0 Å². The minimum absolute atomic E-state index is 0.125. The summed E-state index contributed by atoms with van der Waals surface area (Å²) >= 11 is 3.19. The Morgan fingerprint density at radius 3 is 2.38 bits per heavy atom. The number of aliphatic hydroxyl groups is 1. The largest absolute Gasteiger partial charge is 0.388 e. The molecule has 0 aliphatic carbocycles. The van der Waals surface area contributed by atoms with Gasteiger partial charge in [-0.25, -0.2) is 4.39 Å². The third kappa shape index (κ3) is 3.53. The van der Waals surface area contributed by atoms with Crippen LogP contribution < -0.4 is 0 Å². The number of benzene rings is 2. The van der Waals surface area contributed by atoms with E-state index in [0.717, 1.165) is 12.0 Å². The van der Waals surface area contributed by atoms with E-state index in [1.807, 2.05) is 30.3 Å². The van der Waals surface area contributed by atoms with E-state index in [1.54, 1.807) is 18.2 Å². The molecule has 0 fully saturated rings. The highest BCUT2D eigenvalue weighted by atomic mass is 79.9. The lowest BCUT2D eigenvalue weighted by atomic mass is 9.79. The van der Waals surface area contributed by atoms with Crippen LogP contribution >= 0.6 is 15.9 Å². The molecule has 0 bridgehead atoms. The zero-order chi connectivity index (χ0) is 15.4. The van der Waals surface area contributed by atoms with Crippen molar-refractivity contribution in [3.63, 3.8) is 0 Å². The van der Waals surface area contributed by atoms with E-state index in [1.165, 1.54) is 0 Å². The molecule has 3 atom stereocenters. The maximum atomic E-state index is 14.3. The molecule has 1 N–H and O–H groups in total. The molecule has 0 heterocycles. The Balaban J connectivity index is 2.44. The van der Waals surface area contributed by atoms with E-state index >= 15 is 0 Å². The fourth-order valence-electron chi connectivity index (χ4n) is 2.69. The zero-order valence-corrected chi connectivity index (χ0v) is 13.8. The zero-order valence-electron chi connectivity index (χ0n) is 12.3. The molecule has 0 aliphatic heterocycles. The Hall–Kier alpha value is -1.19. The van der Waals surface area contributed by atoms with E-state index in [0.29, 0.717) is 10.0 Å². The minimum Gasteiger partial charge on any atom is -0.388 e. The van der Waals surface area contributed by atoms with Crippen LogP contribution in [0, 0.1) is 11.7 Å². The fourth-order valence-corrected chi connectivity index (χ4v) is 3.08. The topological polar surface area (TPSA) is 20.2 Å². The summed E-state index contributed by atoms with van der Waals surface area (Å²) in [4.78, 5) is 0. The number of hydrogen-bond acceptors (Lipinski definition) is 1. The van der Waals surface area contributed by atoms with Gasteiger partial charge in [-0.1, -0.05) is 62.7 Å². The Morgan fingerprint density at radius 1 is 1.10 bits per heavy atom. The van der Waals surface area contributed by atoms with E-state index in [2.05, 4.69) is 29.8 Å². The second kappa shape index (κ2) is 7.19. The lowest BCUT2D eigenvalue weighted by Crippen LogP contribution is -2.19. The average Bonchev–Trinajstić information content (AvgIpc) is 2.51. The summed E-state index contributed by atoms with van der Waals surface area (Å²) in [5.41, 5.74) is 1.39. The van der Waals surface area contributed by atoms with Crippen LogP contribution in [-0.2, 0) is 0 Å². The Kier molecular flexibility index (Phi) is 5.54. The van der Waals surface area contributed by atoms with Gasteiger partial charge in [0.15, 0.2) is 0 Å². The van der Waals surface area contributed by atoms with Gasteiger partial charge in [-0.05, 0) is 33.5 Å². The van der Waals surface area contributed by atoms with Gasteiger partial charge in [-0.2, -0.15) is 0 Å². The van der Waals surface area contributed by atoms with Crippen molar-refractivity contribution in [2.24, 2.45) is 5.92 Å². The predicted octanol–water partition coefficient (Wildman–Crippen LogP) is 5.45. The molecule has 0 spiro atoms. The molecular formula is C18H20BrFO. The standard InChI is InChI=1S/C18H20BrFO/c1-3-12(2)16(13-8-5-4-6-9-13)18(21)14-10-7-11-15(19)17(14)20/h4-12,16,18,21H,3H2,1-2H3. The molecule has 2 aromatic rings. The molecular weight excluding hydrogens is 331 g/mol. The maximum absolute atomic E-state index is 14.3. The molecule has 0 aliphatic rings. The highest BCUT2D eigenvalue weighted by Crippen LogP contribution is 2.39. The van der Waals surface area contributed by atoms with Gasteiger partial charge in [-0.15, -0.1) is 0 Å². The first kappa shape index (κ1) is 16.2. The Labute approximate surface area is 134 Å². The first-order chi connectivity index (χ1) is 10.1. The quantitative estimate of drug-likeness (QED) is 0.759. The second-order valence-electron chi connectivity index (χ2n) is 5.41. The second-order valence-corrected chi connectivity index (χ2v) is 6.26. The van der Waals surface area contributed by atoms with E-state index < -0.39 is 6.10 Å². The van der Waals surface area contributed by atoms with Crippen molar-refractivity contribution in [3.8, 4) is 0 Å². The molecule has 112 valence electrons. The Bertz CT molecular complexity index is 585. The smallest absolute Gasteiger partial charge is 0.143 e. The molecule has 21 heavy (non-hydrogen) atoms. The van der Waals surface area contributed by atoms with Crippen LogP contribution in [0.3, 0.4) is 0 Å². The highest BCUT2D eigenvalue weighted by molar-refractivity contribution is 9.10. The molecule has 2 aromatic carbocycles. The summed E-state index contributed by atoms with van der Waals surface area (Å²) in [5, 5.41) is 10.8. The van der Waals surface area contributed by atoms with Crippen molar-refractivity contribution in [2.45, 2.75) is 32.3 Å². The average molecular weight is 351 g/mol.